The van der Waals surface area contributed by atoms with Crippen molar-refractivity contribution in [2.75, 3.05) is 19.3 Å². The van der Waals surface area contributed by atoms with E-state index in [0.29, 0.717) is 5.92 Å². The summed E-state index contributed by atoms with van der Waals surface area (Å²) in [4.78, 5) is 37.3. The van der Waals surface area contributed by atoms with Crippen LogP contribution in [0.5, 0.6) is 0 Å². The summed E-state index contributed by atoms with van der Waals surface area (Å²) in [6.07, 6.45) is 6.82. The van der Waals surface area contributed by atoms with Crippen molar-refractivity contribution < 1.29 is 24.6 Å². The standard InChI is InChI=1S/C22H32N2OS2.C3H4O4/c1-17(2)19-13-12-18(21(25)20-11-10-16-26-20)22(24-19)27-15-9-7-5-4-6-8-14-23-3;4-2(5)1-3(6)7/h10-13,16-17,23H,4-9,14-15H2,1-3H3;1H2,(H,4,5)(H,6,7). The molecule has 0 aliphatic rings. The molecule has 0 aliphatic carbocycles. The van der Waals surface area contributed by atoms with Gasteiger partial charge in [-0.2, -0.15) is 0 Å². The summed E-state index contributed by atoms with van der Waals surface area (Å²) < 4.78 is 0. The van der Waals surface area contributed by atoms with Gasteiger partial charge in [-0.05, 0) is 61.7 Å². The Morgan fingerprint density at radius 2 is 1.65 bits per heavy atom. The number of pyridine rings is 1. The number of ketones is 1. The maximum absolute atomic E-state index is 12.8. The average Bonchev–Trinajstić information content (AvgIpc) is 3.32. The number of nitrogens with one attached hydrogen (secondary N) is 1. The Morgan fingerprint density at radius 3 is 2.18 bits per heavy atom. The van der Waals surface area contributed by atoms with Crippen molar-refractivity contribution in [3.05, 3.63) is 45.8 Å². The molecule has 9 heteroatoms. The van der Waals surface area contributed by atoms with Gasteiger partial charge in [0.25, 0.3) is 0 Å². The second-order valence-electron chi connectivity index (χ2n) is 8.09. The molecule has 2 aromatic rings. The summed E-state index contributed by atoms with van der Waals surface area (Å²) in [5, 5.41) is 21.5. The highest BCUT2D eigenvalue weighted by Crippen LogP contribution is 2.28. The first-order valence-electron chi connectivity index (χ1n) is 11.6. The molecule has 0 aromatic carbocycles. The number of carbonyl (C=O) groups is 3. The van der Waals surface area contributed by atoms with Gasteiger partial charge in [0, 0.05) is 5.69 Å². The molecule has 0 atom stereocenters. The van der Waals surface area contributed by atoms with E-state index in [-0.39, 0.29) is 5.78 Å². The van der Waals surface area contributed by atoms with Crippen molar-refractivity contribution in [1.29, 1.82) is 0 Å². The lowest BCUT2D eigenvalue weighted by atomic mass is 10.1. The summed E-state index contributed by atoms with van der Waals surface area (Å²) in [6.45, 7) is 5.41. The second kappa shape index (κ2) is 17.2. The smallest absolute Gasteiger partial charge is 0.314 e. The normalized spacial score (nSPS) is 10.6. The Balaban J connectivity index is 0.000000718. The number of aromatic nitrogens is 1. The number of unbranched alkanes of at least 4 members (excludes halogenated alkanes) is 5. The molecule has 2 aromatic heterocycles. The molecule has 3 N–H and O–H groups in total. The van der Waals surface area contributed by atoms with Gasteiger partial charge in [-0.1, -0.05) is 45.6 Å². The van der Waals surface area contributed by atoms with Crippen molar-refractivity contribution in [2.24, 2.45) is 0 Å². The fourth-order valence-electron chi connectivity index (χ4n) is 3.01. The van der Waals surface area contributed by atoms with Crippen LogP contribution in [0, 0.1) is 0 Å². The molecule has 0 saturated carbocycles. The fourth-order valence-corrected chi connectivity index (χ4v) is 4.71. The van der Waals surface area contributed by atoms with E-state index in [1.54, 1.807) is 11.8 Å². The monoisotopic (exact) mass is 508 g/mol. The molecule has 2 heterocycles. The molecule has 0 saturated heterocycles. The third-order valence-corrected chi connectivity index (χ3v) is 6.77. The summed E-state index contributed by atoms with van der Waals surface area (Å²) in [5.74, 6) is -1.14. The van der Waals surface area contributed by atoms with Crippen molar-refractivity contribution in [3.63, 3.8) is 0 Å². The Hall–Kier alpha value is -2.23. The van der Waals surface area contributed by atoms with Crippen LogP contribution in [0.4, 0.5) is 0 Å². The summed E-state index contributed by atoms with van der Waals surface area (Å²) >= 11 is 3.24. The zero-order valence-electron chi connectivity index (χ0n) is 20.2. The molecule has 0 fully saturated rings. The van der Waals surface area contributed by atoms with Gasteiger partial charge in [0.2, 0.25) is 5.78 Å². The highest BCUT2D eigenvalue weighted by atomic mass is 32.2. The maximum atomic E-state index is 12.8. The predicted octanol–water partition coefficient (Wildman–Crippen LogP) is 5.70. The fraction of sp³-hybridized carbons (Fsp3) is 0.520. The molecular weight excluding hydrogens is 472 g/mol. The van der Waals surface area contributed by atoms with Gasteiger partial charge < -0.3 is 15.5 Å². The molecule has 0 spiro atoms. The van der Waals surface area contributed by atoms with Crippen molar-refractivity contribution >= 4 is 40.8 Å². The Bertz CT molecular complexity index is 873. The van der Waals surface area contributed by atoms with Gasteiger partial charge >= 0.3 is 11.9 Å². The lowest BCUT2D eigenvalue weighted by molar-refractivity contribution is -0.147. The highest BCUT2D eigenvalue weighted by Gasteiger charge is 2.17. The molecular formula is C25H36N2O5S2. The van der Waals surface area contributed by atoms with Crippen LogP contribution in [0.25, 0.3) is 0 Å². The first-order chi connectivity index (χ1) is 16.3. The first kappa shape index (κ1) is 29.8. The number of nitrogens with zero attached hydrogens (tertiary/aromatic N) is 1. The van der Waals surface area contributed by atoms with Crippen molar-refractivity contribution in [3.8, 4) is 0 Å². The van der Waals surface area contributed by atoms with Crippen LogP contribution >= 0.6 is 23.1 Å². The van der Waals surface area contributed by atoms with E-state index in [1.807, 2.05) is 36.7 Å². The Morgan fingerprint density at radius 1 is 1.00 bits per heavy atom. The lowest BCUT2D eigenvalue weighted by Gasteiger charge is -2.11. The number of hydrogen-bond acceptors (Lipinski definition) is 7. The van der Waals surface area contributed by atoms with E-state index < -0.39 is 18.4 Å². The zero-order valence-corrected chi connectivity index (χ0v) is 21.8. The number of hydrogen-bond donors (Lipinski definition) is 3. The van der Waals surface area contributed by atoms with Gasteiger partial charge in [0.1, 0.15) is 11.4 Å². The number of rotatable bonds is 15. The third kappa shape index (κ3) is 12.3. The average molecular weight is 509 g/mol. The van der Waals surface area contributed by atoms with Crippen LogP contribution in [-0.4, -0.2) is 52.3 Å². The quantitative estimate of drug-likeness (QED) is 0.121. The highest BCUT2D eigenvalue weighted by molar-refractivity contribution is 7.99. The van der Waals surface area contributed by atoms with Gasteiger partial charge in [-0.3, -0.25) is 14.4 Å². The zero-order chi connectivity index (χ0) is 25.3. The molecule has 7 nitrogen and oxygen atoms in total. The molecule has 0 unspecified atom stereocenters. The molecule has 0 radical (unpaired) electrons. The van der Waals surface area contributed by atoms with Gasteiger partial charge in [0.15, 0.2) is 0 Å². The largest absolute Gasteiger partial charge is 0.481 e. The van der Waals surface area contributed by atoms with Crippen LogP contribution < -0.4 is 5.32 Å². The minimum Gasteiger partial charge on any atom is -0.481 e. The van der Waals surface area contributed by atoms with E-state index in [2.05, 4.69) is 19.2 Å². The lowest BCUT2D eigenvalue weighted by Crippen LogP contribution is -2.06. The number of carboxylic acid groups (broad SMARTS) is 2. The van der Waals surface area contributed by atoms with E-state index in [0.717, 1.165) is 33.5 Å². The number of thiophene rings is 1. The Kier molecular flexibility index (Phi) is 15.1. The third-order valence-electron chi connectivity index (χ3n) is 4.83. The van der Waals surface area contributed by atoms with Crippen LogP contribution in [0.1, 0.15) is 85.6 Å². The van der Waals surface area contributed by atoms with Crippen LogP contribution in [0.2, 0.25) is 0 Å². The SMILES string of the molecule is CNCCCCCCCCSc1nc(C(C)C)ccc1C(=O)c1cccs1.O=C(O)CC(=O)O. The number of thioether (sulfide) groups is 1. The van der Waals surface area contributed by atoms with Crippen molar-refractivity contribution in [1.82, 2.24) is 10.3 Å². The van der Waals surface area contributed by atoms with Crippen molar-refractivity contribution in [2.45, 2.75) is 69.7 Å². The molecule has 0 amide bonds. The van der Waals surface area contributed by atoms with Gasteiger partial charge in [-0.25, -0.2) is 4.98 Å². The van der Waals surface area contributed by atoms with E-state index in [4.69, 9.17) is 15.2 Å². The number of carboxylic acids is 2. The van der Waals surface area contributed by atoms with Gasteiger partial charge in [0.05, 0.1) is 10.4 Å². The summed E-state index contributed by atoms with van der Waals surface area (Å²) in [5.41, 5.74) is 1.81. The molecule has 2 rings (SSSR count). The molecule has 0 aliphatic heterocycles. The molecule has 0 bridgehead atoms. The van der Waals surface area contributed by atoms with Crippen LogP contribution in [-0.2, 0) is 9.59 Å². The minimum atomic E-state index is -1.31. The number of aliphatic carboxylic acids is 2. The van der Waals surface area contributed by atoms with Gasteiger partial charge in [-0.15, -0.1) is 23.1 Å². The predicted molar refractivity (Wildman–Crippen MR) is 138 cm³/mol. The summed E-state index contributed by atoms with van der Waals surface area (Å²) in [7, 11) is 2.01. The maximum Gasteiger partial charge on any atom is 0.314 e. The van der Waals surface area contributed by atoms with E-state index in [9.17, 15) is 14.4 Å². The Labute approximate surface area is 210 Å². The minimum absolute atomic E-state index is 0.0971. The molecule has 34 heavy (non-hydrogen) atoms. The van der Waals surface area contributed by atoms with E-state index >= 15 is 0 Å². The summed E-state index contributed by atoms with van der Waals surface area (Å²) in [6, 6.07) is 7.79. The number of carbonyl (C=O) groups excluding carboxylic acids is 1. The first-order valence-corrected chi connectivity index (χ1v) is 13.4. The van der Waals surface area contributed by atoms with Crippen LogP contribution in [0.3, 0.4) is 0 Å². The van der Waals surface area contributed by atoms with E-state index in [1.165, 1.54) is 49.9 Å². The molecule has 188 valence electrons. The second-order valence-corrected chi connectivity index (χ2v) is 10.1. The van der Waals surface area contributed by atoms with Crippen LogP contribution in [0.15, 0.2) is 34.7 Å². The topological polar surface area (TPSA) is 117 Å².